The molecule has 0 fully saturated rings. The molecule has 1 N–H and O–H groups in total. The van der Waals surface area contributed by atoms with Crippen LogP contribution in [-0.2, 0) is 9.59 Å². The first-order valence-electron chi connectivity index (χ1n) is 11.3. The van der Waals surface area contributed by atoms with Crippen molar-refractivity contribution in [3.05, 3.63) is 101 Å². The SMILES string of the molecule is Cc1ccc(NC(=O)CC2SC(N3N=C(c4ccccc4)CC3c3ccc(Cl)cc3)=NC2=O)cc1. The number of amidine groups is 1. The zero-order valence-electron chi connectivity index (χ0n) is 19.0. The summed E-state index contributed by atoms with van der Waals surface area (Å²) in [6.07, 6.45) is 0.705. The van der Waals surface area contributed by atoms with Gasteiger partial charge in [0, 0.05) is 23.6 Å². The van der Waals surface area contributed by atoms with Gasteiger partial charge in [-0.15, -0.1) is 0 Å². The largest absolute Gasteiger partial charge is 0.326 e. The second-order valence-corrected chi connectivity index (χ2v) is 10.1. The molecule has 3 aromatic carbocycles. The summed E-state index contributed by atoms with van der Waals surface area (Å²) in [6, 6.07) is 25.0. The molecule has 2 aliphatic heterocycles. The predicted octanol–water partition coefficient (Wildman–Crippen LogP) is 5.83. The Morgan fingerprint density at radius 2 is 1.77 bits per heavy atom. The van der Waals surface area contributed by atoms with E-state index in [2.05, 4.69) is 10.3 Å². The molecule has 8 heteroatoms. The second-order valence-electron chi connectivity index (χ2n) is 8.49. The number of hydrazone groups is 1. The molecule has 2 aliphatic rings. The number of benzene rings is 3. The number of rotatable bonds is 5. The van der Waals surface area contributed by atoms with Gasteiger partial charge in [-0.3, -0.25) is 9.59 Å². The number of carbonyl (C=O) groups is 2. The Balaban J connectivity index is 1.34. The third-order valence-corrected chi connectivity index (χ3v) is 7.30. The van der Waals surface area contributed by atoms with E-state index in [4.69, 9.17) is 16.7 Å². The fraction of sp³-hybridized carbons (Fsp3) is 0.185. The predicted molar refractivity (Wildman–Crippen MR) is 142 cm³/mol. The van der Waals surface area contributed by atoms with Gasteiger partial charge in [0.25, 0.3) is 5.91 Å². The standard InChI is InChI=1S/C27H23ClN4O2S/c1-17-7-13-21(14-8-17)29-25(33)16-24-26(34)30-27(35-24)32-23(19-9-11-20(28)12-10-19)15-22(31-32)18-5-3-2-4-6-18/h2-14,23-24H,15-16H2,1H3,(H,29,33). The van der Waals surface area contributed by atoms with Gasteiger partial charge in [-0.25, -0.2) is 5.01 Å². The van der Waals surface area contributed by atoms with Crippen molar-refractivity contribution in [3.63, 3.8) is 0 Å². The van der Waals surface area contributed by atoms with E-state index in [0.29, 0.717) is 22.3 Å². The molecule has 0 saturated heterocycles. The monoisotopic (exact) mass is 502 g/mol. The van der Waals surface area contributed by atoms with Crippen molar-refractivity contribution in [3.8, 4) is 0 Å². The average molecular weight is 503 g/mol. The summed E-state index contributed by atoms with van der Waals surface area (Å²) in [7, 11) is 0. The number of carbonyl (C=O) groups excluding carboxylic acids is 2. The smallest absolute Gasteiger partial charge is 0.262 e. The minimum Gasteiger partial charge on any atom is -0.326 e. The van der Waals surface area contributed by atoms with Gasteiger partial charge in [0.05, 0.1) is 11.8 Å². The Hall–Kier alpha value is -3.42. The molecular formula is C27H23ClN4O2S. The maximum absolute atomic E-state index is 12.7. The first-order valence-corrected chi connectivity index (χ1v) is 12.6. The van der Waals surface area contributed by atoms with E-state index < -0.39 is 5.25 Å². The van der Waals surface area contributed by atoms with Crippen LogP contribution in [0.25, 0.3) is 0 Å². The fourth-order valence-electron chi connectivity index (χ4n) is 4.06. The molecule has 0 aromatic heterocycles. The normalized spacial score (nSPS) is 19.5. The van der Waals surface area contributed by atoms with E-state index in [1.807, 2.05) is 90.8 Å². The maximum Gasteiger partial charge on any atom is 0.262 e. The summed E-state index contributed by atoms with van der Waals surface area (Å²) in [5, 5.41) is 10.1. The molecule has 2 unspecified atom stereocenters. The summed E-state index contributed by atoms with van der Waals surface area (Å²) < 4.78 is 0. The number of hydrogen-bond acceptors (Lipinski definition) is 5. The molecule has 35 heavy (non-hydrogen) atoms. The van der Waals surface area contributed by atoms with Gasteiger partial charge in [0.15, 0.2) is 5.17 Å². The van der Waals surface area contributed by atoms with Gasteiger partial charge in [-0.2, -0.15) is 10.1 Å². The highest BCUT2D eigenvalue weighted by atomic mass is 35.5. The van der Waals surface area contributed by atoms with Crippen LogP contribution in [-0.4, -0.2) is 33.0 Å². The van der Waals surface area contributed by atoms with E-state index >= 15 is 0 Å². The number of amides is 2. The Labute approximate surface area is 213 Å². The molecule has 2 heterocycles. The van der Waals surface area contributed by atoms with Crippen LogP contribution in [0.2, 0.25) is 5.02 Å². The number of hydrogen-bond donors (Lipinski definition) is 1. The molecule has 0 radical (unpaired) electrons. The van der Waals surface area contributed by atoms with Crippen molar-refractivity contribution in [1.82, 2.24) is 5.01 Å². The molecule has 0 bridgehead atoms. The number of thioether (sulfide) groups is 1. The van der Waals surface area contributed by atoms with Crippen molar-refractivity contribution < 1.29 is 9.59 Å². The van der Waals surface area contributed by atoms with E-state index in [1.165, 1.54) is 11.8 Å². The van der Waals surface area contributed by atoms with Crippen LogP contribution in [0.5, 0.6) is 0 Å². The molecule has 2 amide bonds. The molecule has 6 nitrogen and oxygen atoms in total. The lowest BCUT2D eigenvalue weighted by Crippen LogP contribution is -2.25. The van der Waals surface area contributed by atoms with Crippen LogP contribution in [0.15, 0.2) is 89.0 Å². The van der Waals surface area contributed by atoms with E-state index in [-0.39, 0.29) is 24.3 Å². The van der Waals surface area contributed by atoms with Gasteiger partial charge in [0.2, 0.25) is 5.91 Å². The third kappa shape index (κ3) is 5.31. The van der Waals surface area contributed by atoms with Gasteiger partial charge >= 0.3 is 0 Å². The first-order chi connectivity index (χ1) is 17.0. The van der Waals surface area contributed by atoms with Gasteiger partial charge in [-0.1, -0.05) is 83.5 Å². The highest BCUT2D eigenvalue weighted by Gasteiger charge is 2.39. The van der Waals surface area contributed by atoms with Crippen molar-refractivity contribution in [1.29, 1.82) is 0 Å². The molecule has 3 aromatic rings. The number of nitrogens with one attached hydrogen (secondary N) is 1. The summed E-state index contributed by atoms with van der Waals surface area (Å²) >= 11 is 7.39. The van der Waals surface area contributed by atoms with Crippen LogP contribution in [0.1, 0.15) is 35.6 Å². The molecule has 0 saturated carbocycles. The Kier molecular flexibility index (Phi) is 6.70. The van der Waals surface area contributed by atoms with E-state index in [0.717, 1.165) is 22.4 Å². The van der Waals surface area contributed by atoms with Crippen molar-refractivity contribution >= 4 is 51.7 Å². The fourth-order valence-corrected chi connectivity index (χ4v) is 5.25. The minimum atomic E-state index is -0.586. The van der Waals surface area contributed by atoms with Crippen LogP contribution in [0.3, 0.4) is 0 Å². The summed E-state index contributed by atoms with van der Waals surface area (Å²) in [6.45, 7) is 1.99. The highest BCUT2D eigenvalue weighted by molar-refractivity contribution is 8.15. The molecule has 176 valence electrons. The quantitative estimate of drug-likeness (QED) is 0.476. The number of anilines is 1. The van der Waals surface area contributed by atoms with E-state index in [1.54, 1.807) is 0 Å². The topological polar surface area (TPSA) is 74.1 Å². The van der Waals surface area contributed by atoms with Crippen molar-refractivity contribution in [2.24, 2.45) is 10.1 Å². The molecule has 0 aliphatic carbocycles. The summed E-state index contributed by atoms with van der Waals surface area (Å²) in [5.74, 6) is -0.539. The lowest BCUT2D eigenvalue weighted by atomic mass is 9.99. The Morgan fingerprint density at radius 1 is 1.06 bits per heavy atom. The van der Waals surface area contributed by atoms with Gasteiger partial charge in [-0.05, 0) is 42.3 Å². The molecular weight excluding hydrogens is 480 g/mol. The molecule has 5 rings (SSSR count). The summed E-state index contributed by atoms with van der Waals surface area (Å²) in [4.78, 5) is 29.6. The Morgan fingerprint density at radius 3 is 2.49 bits per heavy atom. The average Bonchev–Trinajstić information content (AvgIpc) is 3.46. The molecule has 0 spiro atoms. The van der Waals surface area contributed by atoms with Crippen LogP contribution in [0.4, 0.5) is 5.69 Å². The third-order valence-electron chi connectivity index (χ3n) is 5.90. The number of halogens is 1. The first kappa shape index (κ1) is 23.3. The number of aliphatic imine (C=N–C) groups is 1. The zero-order valence-corrected chi connectivity index (χ0v) is 20.6. The Bertz CT molecular complexity index is 1310. The number of nitrogens with zero attached hydrogens (tertiary/aromatic N) is 3. The van der Waals surface area contributed by atoms with Crippen LogP contribution < -0.4 is 5.32 Å². The van der Waals surface area contributed by atoms with Gasteiger partial charge in [0.1, 0.15) is 5.25 Å². The van der Waals surface area contributed by atoms with Crippen LogP contribution in [0, 0.1) is 6.92 Å². The lowest BCUT2D eigenvalue weighted by molar-refractivity contribution is -0.121. The summed E-state index contributed by atoms with van der Waals surface area (Å²) in [5.41, 5.74) is 4.79. The highest BCUT2D eigenvalue weighted by Crippen LogP contribution is 2.38. The van der Waals surface area contributed by atoms with Crippen molar-refractivity contribution in [2.75, 3.05) is 5.32 Å². The maximum atomic E-state index is 12.7. The van der Waals surface area contributed by atoms with Crippen LogP contribution >= 0.6 is 23.4 Å². The zero-order chi connectivity index (χ0) is 24.4. The van der Waals surface area contributed by atoms with E-state index in [9.17, 15) is 9.59 Å². The van der Waals surface area contributed by atoms with Gasteiger partial charge < -0.3 is 5.32 Å². The van der Waals surface area contributed by atoms with Crippen molar-refractivity contribution in [2.45, 2.75) is 31.1 Å². The number of aryl methyl sites for hydroxylation is 1. The minimum absolute atomic E-state index is 0.0408. The lowest BCUT2D eigenvalue weighted by Gasteiger charge is -2.23. The second kappa shape index (κ2) is 10.1. The molecule has 2 atom stereocenters.